The van der Waals surface area contributed by atoms with Gasteiger partial charge in [-0.05, 0) is 39.0 Å². The van der Waals surface area contributed by atoms with Crippen LogP contribution in [0.2, 0.25) is 0 Å². The molecule has 0 unspecified atom stereocenters. The number of thioether (sulfide) groups is 1. The van der Waals surface area contributed by atoms with E-state index in [-0.39, 0.29) is 12.4 Å². The molecule has 0 aliphatic carbocycles. The topological polar surface area (TPSA) is 75.9 Å². The molecule has 6 heteroatoms. The van der Waals surface area contributed by atoms with Crippen molar-refractivity contribution in [2.45, 2.75) is 44.9 Å². The predicted molar refractivity (Wildman–Crippen MR) is 72.8 cm³/mol. The Bertz CT molecular complexity index is 488. The minimum absolute atomic E-state index is 0.232. The van der Waals surface area contributed by atoms with Crippen LogP contribution in [0.5, 0.6) is 0 Å². The van der Waals surface area contributed by atoms with Crippen LogP contribution in [-0.4, -0.2) is 28.3 Å². The summed E-state index contributed by atoms with van der Waals surface area (Å²) in [6.45, 7) is 5.37. The molecule has 0 spiro atoms. The van der Waals surface area contributed by atoms with Gasteiger partial charge in [0.1, 0.15) is 6.07 Å². The van der Waals surface area contributed by atoms with Crippen LogP contribution in [0.25, 0.3) is 0 Å². The van der Waals surface area contributed by atoms with E-state index in [1.807, 2.05) is 26.2 Å². The van der Waals surface area contributed by atoms with E-state index < -0.39 is 6.10 Å². The maximum absolute atomic E-state index is 11.5. The van der Waals surface area contributed by atoms with Gasteiger partial charge in [-0.1, -0.05) is 11.8 Å². The van der Waals surface area contributed by atoms with Crippen LogP contribution in [0, 0.1) is 25.2 Å². The lowest BCUT2D eigenvalue weighted by Crippen LogP contribution is -2.14. The number of aromatic nitrogens is 2. The Morgan fingerprint density at radius 2 is 2.00 bits per heavy atom. The second-order valence-corrected chi connectivity index (χ2v) is 4.89. The Morgan fingerprint density at radius 1 is 1.42 bits per heavy atom. The van der Waals surface area contributed by atoms with Gasteiger partial charge < -0.3 is 4.74 Å². The summed E-state index contributed by atoms with van der Waals surface area (Å²) in [7, 11) is 0. The molecule has 0 aliphatic heterocycles. The number of carbonyl (C=O) groups is 1. The summed E-state index contributed by atoms with van der Waals surface area (Å²) in [5.74, 6) is -0.373. The zero-order valence-electron chi connectivity index (χ0n) is 11.6. The summed E-state index contributed by atoms with van der Waals surface area (Å²) < 4.78 is 4.90. The van der Waals surface area contributed by atoms with Crippen molar-refractivity contribution < 1.29 is 9.53 Å². The lowest BCUT2D eigenvalue weighted by molar-refractivity contribution is -0.145. The van der Waals surface area contributed by atoms with Crippen molar-refractivity contribution in [3.63, 3.8) is 0 Å². The number of carbonyl (C=O) groups excluding carboxylic acids is 1. The highest BCUT2D eigenvalue weighted by Crippen LogP contribution is 2.17. The first-order valence-electron chi connectivity index (χ1n) is 5.95. The smallest absolute Gasteiger partial charge is 0.307 e. The van der Waals surface area contributed by atoms with Crippen LogP contribution in [0.3, 0.4) is 0 Å². The van der Waals surface area contributed by atoms with E-state index in [4.69, 9.17) is 10.00 Å². The summed E-state index contributed by atoms with van der Waals surface area (Å²) in [5, 5.41) is 9.30. The van der Waals surface area contributed by atoms with Crippen LogP contribution < -0.4 is 0 Å². The molecule has 0 fully saturated rings. The van der Waals surface area contributed by atoms with Crippen molar-refractivity contribution >= 4 is 17.7 Å². The molecule has 0 saturated carbocycles. The van der Waals surface area contributed by atoms with Crippen LogP contribution in [0.4, 0.5) is 0 Å². The Balaban J connectivity index is 2.68. The number of nitrogens with zero attached hydrogens (tertiary/aromatic N) is 3. The van der Waals surface area contributed by atoms with Gasteiger partial charge in [0.2, 0.25) is 0 Å². The monoisotopic (exact) mass is 279 g/mol. The van der Waals surface area contributed by atoms with Gasteiger partial charge in [0.15, 0.2) is 11.3 Å². The van der Waals surface area contributed by atoms with Crippen molar-refractivity contribution in [3.05, 3.63) is 17.0 Å². The number of ether oxygens (including phenoxy) is 1. The fourth-order valence-corrected chi connectivity index (χ4v) is 2.13. The van der Waals surface area contributed by atoms with Crippen molar-refractivity contribution in [1.82, 2.24) is 9.97 Å². The molecule has 0 aromatic carbocycles. The molecule has 0 aliphatic rings. The maximum Gasteiger partial charge on any atom is 0.307 e. The fraction of sp³-hybridized carbons (Fsp3) is 0.538. The first-order chi connectivity index (χ1) is 8.97. The van der Waals surface area contributed by atoms with E-state index in [1.165, 1.54) is 11.8 Å². The van der Waals surface area contributed by atoms with Gasteiger partial charge in [0.05, 0.1) is 0 Å². The predicted octanol–water partition coefficient (Wildman–Crippen LogP) is 2.20. The highest BCUT2D eigenvalue weighted by Gasteiger charge is 2.12. The maximum atomic E-state index is 11.5. The largest absolute Gasteiger partial charge is 0.447 e. The summed E-state index contributed by atoms with van der Waals surface area (Å²) in [4.78, 5) is 20.2. The lowest BCUT2D eigenvalue weighted by atomic mass is 10.1. The molecular formula is C13H17N3O2S. The summed E-state index contributed by atoms with van der Waals surface area (Å²) in [6, 6.07) is 1.86. The molecule has 5 nitrogen and oxygen atoms in total. The molecule has 1 heterocycles. The molecule has 1 aromatic rings. The number of nitriles is 1. The molecule has 1 aromatic heterocycles. The van der Waals surface area contributed by atoms with Gasteiger partial charge in [-0.15, -0.1) is 0 Å². The SMILES string of the molecule is CSc1nc(C)c(CCC(=O)O[C@H](C)C#N)c(C)n1. The molecule has 1 atom stereocenters. The molecule has 19 heavy (non-hydrogen) atoms. The molecular weight excluding hydrogens is 262 g/mol. The van der Waals surface area contributed by atoms with E-state index in [0.29, 0.717) is 6.42 Å². The van der Waals surface area contributed by atoms with Gasteiger partial charge in [0, 0.05) is 17.8 Å². The van der Waals surface area contributed by atoms with E-state index in [1.54, 1.807) is 6.92 Å². The van der Waals surface area contributed by atoms with Gasteiger partial charge in [-0.3, -0.25) is 4.79 Å². The number of hydrogen-bond donors (Lipinski definition) is 0. The van der Waals surface area contributed by atoms with Crippen molar-refractivity contribution in [2.24, 2.45) is 0 Å². The molecule has 0 amide bonds. The minimum Gasteiger partial charge on any atom is -0.447 e. The van der Waals surface area contributed by atoms with Crippen LogP contribution in [0.1, 0.15) is 30.3 Å². The normalized spacial score (nSPS) is 11.7. The third-order valence-electron chi connectivity index (χ3n) is 2.65. The second-order valence-electron chi connectivity index (χ2n) is 4.12. The van der Waals surface area contributed by atoms with Gasteiger partial charge in [-0.25, -0.2) is 9.97 Å². The zero-order valence-corrected chi connectivity index (χ0v) is 12.4. The summed E-state index contributed by atoms with van der Waals surface area (Å²) in [5.41, 5.74) is 2.75. The highest BCUT2D eigenvalue weighted by atomic mass is 32.2. The molecule has 1 rings (SSSR count). The molecule has 0 radical (unpaired) electrons. The number of esters is 1. The molecule has 0 saturated heterocycles. The third-order valence-corrected chi connectivity index (χ3v) is 3.20. The van der Waals surface area contributed by atoms with E-state index >= 15 is 0 Å². The fourth-order valence-electron chi connectivity index (χ4n) is 1.67. The second kappa shape index (κ2) is 7.10. The third kappa shape index (κ3) is 4.52. The van der Waals surface area contributed by atoms with Gasteiger partial charge >= 0.3 is 5.97 Å². The van der Waals surface area contributed by atoms with Crippen molar-refractivity contribution in [3.8, 4) is 6.07 Å². The Morgan fingerprint density at radius 3 is 2.47 bits per heavy atom. The minimum atomic E-state index is -0.704. The van der Waals surface area contributed by atoms with E-state index in [2.05, 4.69) is 9.97 Å². The summed E-state index contributed by atoms with van der Waals surface area (Å²) in [6.07, 6.45) is 1.98. The Hall–Kier alpha value is -1.61. The number of rotatable bonds is 5. The first-order valence-corrected chi connectivity index (χ1v) is 7.17. The Labute approximate surface area is 117 Å². The average Bonchev–Trinajstić information content (AvgIpc) is 2.37. The van der Waals surface area contributed by atoms with Crippen LogP contribution in [-0.2, 0) is 16.0 Å². The van der Waals surface area contributed by atoms with Crippen molar-refractivity contribution in [1.29, 1.82) is 5.26 Å². The van der Waals surface area contributed by atoms with Crippen molar-refractivity contribution in [2.75, 3.05) is 6.26 Å². The van der Waals surface area contributed by atoms with Crippen LogP contribution in [0.15, 0.2) is 5.16 Å². The highest BCUT2D eigenvalue weighted by molar-refractivity contribution is 7.98. The quantitative estimate of drug-likeness (QED) is 0.467. The van der Waals surface area contributed by atoms with Crippen LogP contribution >= 0.6 is 11.8 Å². The lowest BCUT2D eigenvalue weighted by Gasteiger charge is -2.10. The standard InChI is InChI=1S/C13H17N3O2S/c1-8(7-14)18-12(17)6-5-11-9(2)15-13(19-4)16-10(11)3/h8H,5-6H2,1-4H3/t8-/m1/s1. The number of aryl methyl sites for hydroxylation is 2. The van der Waals surface area contributed by atoms with Gasteiger partial charge in [0.25, 0.3) is 0 Å². The first kappa shape index (κ1) is 15.4. The molecule has 102 valence electrons. The number of hydrogen-bond acceptors (Lipinski definition) is 6. The van der Waals surface area contributed by atoms with E-state index in [9.17, 15) is 4.79 Å². The zero-order chi connectivity index (χ0) is 14.4. The average molecular weight is 279 g/mol. The molecule has 0 bridgehead atoms. The molecule has 0 N–H and O–H groups in total. The Kier molecular flexibility index (Phi) is 5.77. The van der Waals surface area contributed by atoms with Gasteiger partial charge in [-0.2, -0.15) is 5.26 Å². The summed E-state index contributed by atoms with van der Waals surface area (Å²) >= 11 is 1.49. The van der Waals surface area contributed by atoms with E-state index in [0.717, 1.165) is 22.1 Å².